The van der Waals surface area contributed by atoms with Crippen molar-refractivity contribution < 1.29 is 18.3 Å². The fraction of sp³-hybridized carbons (Fsp3) is 0.526. The maximum Gasteiger partial charge on any atom is 0.410 e. The normalized spacial score (nSPS) is 15.8. The topological polar surface area (TPSA) is 68.5 Å². The van der Waals surface area contributed by atoms with Crippen molar-refractivity contribution >= 4 is 17.9 Å². The van der Waals surface area contributed by atoms with Crippen LogP contribution in [0.2, 0.25) is 0 Å². The Kier molecular flexibility index (Phi) is 6.04. The summed E-state index contributed by atoms with van der Waals surface area (Å²) in [7, 11) is 0. The highest BCUT2D eigenvalue weighted by Crippen LogP contribution is 2.30. The van der Waals surface area contributed by atoms with E-state index in [0.717, 1.165) is 12.8 Å². The molecule has 0 bridgehead atoms. The lowest BCUT2D eigenvalue weighted by Gasteiger charge is -2.32. The number of nitrogens with zero attached hydrogens (tertiary/aromatic N) is 3. The Bertz CT molecular complexity index is 783. The predicted octanol–water partition coefficient (Wildman–Crippen LogP) is 4.62. The molecule has 0 spiro atoms. The highest BCUT2D eigenvalue weighted by Gasteiger charge is 2.29. The van der Waals surface area contributed by atoms with Gasteiger partial charge in [0.05, 0.1) is 0 Å². The number of ether oxygens (including phenoxy) is 1. The summed E-state index contributed by atoms with van der Waals surface area (Å²) in [6.07, 6.45) is 1.21. The van der Waals surface area contributed by atoms with Gasteiger partial charge < -0.3 is 14.1 Å². The molecule has 8 heteroatoms. The first kappa shape index (κ1) is 19.7. The summed E-state index contributed by atoms with van der Waals surface area (Å²) >= 11 is 1.32. The molecule has 1 aliphatic heterocycles. The van der Waals surface area contributed by atoms with Crippen LogP contribution in [0.3, 0.4) is 0 Å². The molecule has 2 heterocycles. The number of benzene rings is 1. The number of hydrogen-bond donors (Lipinski definition) is 0. The Hall–Kier alpha value is -2.09. The van der Waals surface area contributed by atoms with Crippen molar-refractivity contribution in [1.82, 2.24) is 15.1 Å². The number of likely N-dealkylation sites (tertiary alicyclic amines) is 1. The third kappa shape index (κ3) is 5.45. The molecular weight excluding hydrogens is 369 g/mol. The van der Waals surface area contributed by atoms with E-state index in [-0.39, 0.29) is 17.8 Å². The number of piperidine rings is 1. The van der Waals surface area contributed by atoms with E-state index in [2.05, 4.69) is 10.2 Å². The smallest absolute Gasteiger partial charge is 0.410 e. The second kappa shape index (κ2) is 8.29. The quantitative estimate of drug-likeness (QED) is 0.706. The maximum absolute atomic E-state index is 13.7. The van der Waals surface area contributed by atoms with Crippen molar-refractivity contribution in [1.29, 1.82) is 0 Å². The van der Waals surface area contributed by atoms with Crippen LogP contribution in [0.1, 0.15) is 51.0 Å². The van der Waals surface area contributed by atoms with Crippen LogP contribution in [-0.2, 0) is 10.5 Å². The molecule has 1 fully saturated rings. The lowest BCUT2D eigenvalue weighted by molar-refractivity contribution is 0.0198. The van der Waals surface area contributed by atoms with Crippen LogP contribution in [-0.4, -0.2) is 39.9 Å². The first-order valence-corrected chi connectivity index (χ1v) is 9.98. The van der Waals surface area contributed by atoms with E-state index in [4.69, 9.17) is 9.15 Å². The Balaban J connectivity index is 1.51. The van der Waals surface area contributed by atoms with E-state index in [1.54, 1.807) is 23.1 Å². The summed E-state index contributed by atoms with van der Waals surface area (Å²) in [6.45, 7) is 6.77. The average molecular weight is 393 g/mol. The second-order valence-electron chi connectivity index (χ2n) is 7.53. The van der Waals surface area contributed by atoms with Crippen molar-refractivity contribution in [2.45, 2.75) is 56.1 Å². The van der Waals surface area contributed by atoms with Gasteiger partial charge in [-0.25, -0.2) is 9.18 Å². The van der Waals surface area contributed by atoms with E-state index in [0.29, 0.717) is 35.5 Å². The van der Waals surface area contributed by atoms with Crippen LogP contribution in [0.5, 0.6) is 0 Å². The molecule has 0 aliphatic carbocycles. The van der Waals surface area contributed by atoms with Crippen molar-refractivity contribution in [3.63, 3.8) is 0 Å². The third-order valence-corrected chi connectivity index (χ3v) is 5.09. The molecule has 2 aromatic rings. The molecule has 1 aliphatic rings. The van der Waals surface area contributed by atoms with Crippen molar-refractivity contribution in [2.24, 2.45) is 0 Å². The Morgan fingerprint density at radius 2 is 2.00 bits per heavy atom. The molecule has 1 amide bonds. The summed E-state index contributed by atoms with van der Waals surface area (Å²) in [5.74, 6) is 0.902. The number of amides is 1. The number of hydrogen-bond acceptors (Lipinski definition) is 6. The highest BCUT2D eigenvalue weighted by molar-refractivity contribution is 7.98. The number of thioether (sulfide) groups is 1. The minimum absolute atomic E-state index is 0.124. The summed E-state index contributed by atoms with van der Waals surface area (Å²) < 4.78 is 24.8. The van der Waals surface area contributed by atoms with Crippen LogP contribution in [0.15, 0.2) is 33.9 Å². The van der Waals surface area contributed by atoms with Gasteiger partial charge in [0, 0.05) is 24.8 Å². The zero-order valence-corrected chi connectivity index (χ0v) is 16.6. The zero-order chi connectivity index (χ0) is 19.4. The Labute approximate surface area is 162 Å². The van der Waals surface area contributed by atoms with Gasteiger partial charge in [-0.1, -0.05) is 30.0 Å². The molecule has 0 radical (unpaired) electrons. The van der Waals surface area contributed by atoms with Crippen LogP contribution in [0.4, 0.5) is 9.18 Å². The number of carbonyl (C=O) groups excluding carboxylic acids is 1. The highest BCUT2D eigenvalue weighted by atomic mass is 32.2. The summed E-state index contributed by atoms with van der Waals surface area (Å²) in [4.78, 5) is 13.8. The molecule has 0 atom stereocenters. The second-order valence-corrected chi connectivity index (χ2v) is 8.45. The van der Waals surface area contributed by atoms with Crippen molar-refractivity contribution in [2.75, 3.05) is 13.1 Å². The maximum atomic E-state index is 13.7. The van der Waals surface area contributed by atoms with Gasteiger partial charge in [0.2, 0.25) is 5.89 Å². The van der Waals surface area contributed by atoms with Crippen LogP contribution < -0.4 is 0 Å². The van der Waals surface area contributed by atoms with E-state index < -0.39 is 5.60 Å². The molecule has 146 valence electrons. The SMILES string of the molecule is CC(C)(C)OC(=O)N1CCC(c2nnc(SCc3ccccc3F)o2)CC1. The summed E-state index contributed by atoms with van der Waals surface area (Å²) in [6, 6.07) is 6.65. The molecule has 0 N–H and O–H groups in total. The fourth-order valence-corrected chi connectivity index (χ4v) is 3.59. The van der Waals surface area contributed by atoms with Crippen LogP contribution in [0, 0.1) is 5.82 Å². The Morgan fingerprint density at radius 3 is 2.67 bits per heavy atom. The molecule has 1 saturated heterocycles. The van der Waals surface area contributed by atoms with E-state index in [9.17, 15) is 9.18 Å². The summed E-state index contributed by atoms with van der Waals surface area (Å²) in [5.41, 5.74) is 0.109. The molecule has 1 aromatic carbocycles. The molecule has 3 rings (SSSR count). The van der Waals surface area contributed by atoms with Gasteiger partial charge in [-0.05, 0) is 45.2 Å². The molecule has 0 unspecified atom stereocenters. The van der Waals surface area contributed by atoms with Gasteiger partial charge in [0.15, 0.2) is 0 Å². The molecular formula is C19H24FN3O3S. The van der Waals surface area contributed by atoms with Gasteiger partial charge in [-0.15, -0.1) is 10.2 Å². The summed E-state index contributed by atoms with van der Waals surface area (Å²) in [5, 5.41) is 8.63. The molecule has 0 saturated carbocycles. The number of rotatable bonds is 4. The van der Waals surface area contributed by atoms with Gasteiger partial charge >= 0.3 is 6.09 Å². The monoisotopic (exact) mass is 393 g/mol. The lowest BCUT2D eigenvalue weighted by Crippen LogP contribution is -2.41. The van der Waals surface area contributed by atoms with E-state index in [1.165, 1.54) is 17.8 Å². The number of aromatic nitrogens is 2. The Morgan fingerprint density at radius 1 is 1.30 bits per heavy atom. The predicted molar refractivity (Wildman–Crippen MR) is 100 cm³/mol. The first-order valence-electron chi connectivity index (χ1n) is 8.99. The van der Waals surface area contributed by atoms with Crippen LogP contribution >= 0.6 is 11.8 Å². The first-order chi connectivity index (χ1) is 12.8. The minimum atomic E-state index is -0.495. The van der Waals surface area contributed by atoms with Gasteiger partial charge in [0.1, 0.15) is 11.4 Å². The average Bonchev–Trinajstić information content (AvgIpc) is 3.09. The van der Waals surface area contributed by atoms with Gasteiger partial charge in [-0.2, -0.15) is 0 Å². The fourth-order valence-electron chi connectivity index (χ4n) is 2.83. The van der Waals surface area contributed by atoms with Crippen molar-refractivity contribution in [3.05, 3.63) is 41.5 Å². The van der Waals surface area contributed by atoms with Gasteiger partial charge in [-0.3, -0.25) is 0 Å². The number of carbonyl (C=O) groups is 1. The van der Waals surface area contributed by atoms with E-state index >= 15 is 0 Å². The largest absolute Gasteiger partial charge is 0.444 e. The molecule has 1 aromatic heterocycles. The third-order valence-electron chi connectivity index (χ3n) is 4.23. The van der Waals surface area contributed by atoms with Crippen LogP contribution in [0.25, 0.3) is 0 Å². The standard InChI is InChI=1S/C19H24FN3O3S/c1-19(2,3)26-18(24)23-10-8-13(9-11-23)16-21-22-17(25-16)27-12-14-6-4-5-7-15(14)20/h4-7,13H,8-12H2,1-3H3. The van der Waals surface area contributed by atoms with Crippen molar-refractivity contribution in [3.8, 4) is 0 Å². The van der Waals surface area contributed by atoms with E-state index in [1.807, 2.05) is 20.8 Å². The molecule has 27 heavy (non-hydrogen) atoms. The lowest BCUT2D eigenvalue weighted by atomic mass is 9.97. The van der Waals surface area contributed by atoms with Gasteiger partial charge in [0.25, 0.3) is 5.22 Å². The molecule has 6 nitrogen and oxygen atoms in total. The number of halogens is 1. The zero-order valence-electron chi connectivity index (χ0n) is 15.8. The minimum Gasteiger partial charge on any atom is -0.444 e.